The van der Waals surface area contributed by atoms with Crippen LogP contribution < -0.4 is 5.32 Å². The van der Waals surface area contributed by atoms with Gasteiger partial charge >= 0.3 is 0 Å². The second-order valence-corrected chi connectivity index (χ2v) is 4.71. The minimum atomic E-state index is -0.133. The van der Waals surface area contributed by atoms with E-state index >= 15 is 0 Å². The summed E-state index contributed by atoms with van der Waals surface area (Å²) in [6, 6.07) is 4.04. The summed E-state index contributed by atoms with van der Waals surface area (Å²) in [5, 5.41) is 13.1. The maximum Gasteiger partial charge on any atom is 0.125 e. The van der Waals surface area contributed by atoms with Crippen molar-refractivity contribution >= 4 is 5.82 Å². The highest BCUT2D eigenvalue weighted by atomic mass is 16.3. The maximum absolute atomic E-state index is 9.83. The fourth-order valence-electron chi connectivity index (χ4n) is 2.23. The first-order valence-corrected chi connectivity index (χ1v) is 6.10. The molecular formula is C13H20N2O. The molecule has 3 heteroatoms. The first-order valence-electron chi connectivity index (χ1n) is 6.10. The zero-order valence-corrected chi connectivity index (χ0v) is 9.82. The lowest BCUT2D eigenvalue weighted by Crippen LogP contribution is -2.30. The van der Waals surface area contributed by atoms with Gasteiger partial charge in [0.1, 0.15) is 5.82 Å². The van der Waals surface area contributed by atoms with Crippen LogP contribution in [-0.4, -0.2) is 22.7 Å². The van der Waals surface area contributed by atoms with Gasteiger partial charge < -0.3 is 10.4 Å². The summed E-state index contributed by atoms with van der Waals surface area (Å²) in [4.78, 5) is 4.29. The smallest absolute Gasteiger partial charge is 0.125 e. The zero-order chi connectivity index (χ0) is 11.4. The largest absolute Gasteiger partial charge is 0.393 e. The summed E-state index contributed by atoms with van der Waals surface area (Å²) in [5.74, 6) is 1.29. The van der Waals surface area contributed by atoms with Gasteiger partial charge in [0.05, 0.1) is 6.10 Å². The van der Waals surface area contributed by atoms with Crippen LogP contribution in [-0.2, 0) is 0 Å². The molecular weight excluding hydrogens is 200 g/mol. The molecule has 2 unspecified atom stereocenters. The fraction of sp³-hybridized carbons (Fsp3) is 0.615. The Balaban J connectivity index is 1.84. The Morgan fingerprint density at radius 2 is 2.19 bits per heavy atom. The molecule has 0 radical (unpaired) electrons. The molecule has 1 aliphatic carbocycles. The van der Waals surface area contributed by atoms with Gasteiger partial charge in [-0.25, -0.2) is 4.98 Å². The quantitative estimate of drug-likeness (QED) is 0.822. The predicted octanol–water partition coefficient (Wildman–Crippen LogP) is 2.35. The molecule has 16 heavy (non-hydrogen) atoms. The Bertz CT molecular complexity index is 323. The van der Waals surface area contributed by atoms with E-state index in [1.165, 1.54) is 18.4 Å². The van der Waals surface area contributed by atoms with Crippen molar-refractivity contribution < 1.29 is 5.11 Å². The third-order valence-corrected chi connectivity index (χ3v) is 3.33. The number of pyridine rings is 1. The predicted molar refractivity (Wildman–Crippen MR) is 65.4 cm³/mol. The summed E-state index contributed by atoms with van der Waals surface area (Å²) in [6.45, 7) is 2.86. The molecule has 0 aliphatic heterocycles. The highest BCUT2D eigenvalue weighted by Gasteiger charge is 2.22. The van der Waals surface area contributed by atoms with Gasteiger partial charge in [-0.15, -0.1) is 0 Å². The molecule has 1 aliphatic rings. The van der Waals surface area contributed by atoms with Crippen molar-refractivity contribution in [3.8, 4) is 0 Å². The number of nitrogens with zero attached hydrogens (tertiary/aromatic N) is 1. The van der Waals surface area contributed by atoms with E-state index in [-0.39, 0.29) is 6.10 Å². The summed E-state index contributed by atoms with van der Waals surface area (Å²) in [7, 11) is 0. The Morgan fingerprint density at radius 3 is 2.88 bits per heavy atom. The van der Waals surface area contributed by atoms with Gasteiger partial charge in [0.2, 0.25) is 0 Å². The maximum atomic E-state index is 9.83. The molecule has 2 atom stereocenters. The van der Waals surface area contributed by atoms with Gasteiger partial charge in [0, 0.05) is 18.7 Å². The van der Waals surface area contributed by atoms with Crippen LogP contribution in [0.1, 0.15) is 31.2 Å². The first kappa shape index (κ1) is 11.4. The van der Waals surface area contributed by atoms with Crippen LogP contribution in [0.2, 0.25) is 0 Å². The Labute approximate surface area is 96.9 Å². The standard InChI is InChI=1S/C13H20N2O/c1-10-6-7-13(14-8-10)15-9-11-4-2-3-5-12(11)16/h6-8,11-12,16H,2-5,9H2,1H3,(H,14,15). The molecule has 1 saturated carbocycles. The molecule has 0 saturated heterocycles. The molecule has 0 spiro atoms. The summed E-state index contributed by atoms with van der Waals surface area (Å²) >= 11 is 0. The summed E-state index contributed by atoms with van der Waals surface area (Å²) in [5.41, 5.74) is 1.17. The SMILES string of the molecule is Cc1ccc(NCC2CCCCC2O)nc1. The molecule has 2 N–H and O–H groups in total. The third-order valence-electron chi connectivity index (χ3n) is 3.33. The van der Waals surface area contributed by atoms with Crippen molar-refractivity contribution in [2.24, 2.45) is 5.92 Å². The molecule has 0 aromatic carbocycles. The molecule has 3 nitrogen and oxygen atoms in total. The number of aliphatic hydroxyl groups excluding tert-OH is 1. The normalized spacial score (nSPS) is 25.4. The highest BCUT2D eigenvalue weighted by molar-refractivity contribution is 5.35. The van der Waals surface area contributed by atoms with E-state index in [1.54, 1.807) is 0 Å². The molecule has 1 heterocycles. The number of rotatable bonds is 3. The van der Waals surface area contributed by atoms with E-state index < -0.39 is 0 Å². The lowest BCUT2D eigenvalue weighted by Gasteiger charge is -2.27. The van der Waals surface area contributed by atoms with Crippen LogP contribution in [0.4, 0.5) is 5.82 Å². The number of aromatic nitrogens is 1. The lowest BCUT2D eigenvalue weighted by molar-refractivity contribution is 0.0763. The van der Waals surface area contributed by atoms with Crippen molar-refractivity contribution in [2.75, 3.05) is 11.9 Å². The molecule has 88 valence electrons. The van der Waals surface area contributed by atoms with E-state index in [9.17, 15) is 5.11 Å². The number of hydrogen-bond donors (Lipinski definition) is 2. The third kappa shape index (κ3) is 2.95. The number of anilines is 1. The van der Waals surface area contributed by atoms with E-state index in [0.29, 0.717) is 5.92 Å². The second-order valence-electron chi connectivity index (χ2n) is 4.71. The molecule has 2 rings (SSSR count). The van der Waals surface area contributed by atoms with Crippen LogP contribution in [0.15, 0.2) is 18.3 Å². The van der Waals surface area contributed by atoms with Gasteiger partial charge in [-0.1, -0.05) is 18.9 Å². The van der Waals surface area contributed by atoms with Crippen LogP contribution in [0.25, 0.3) is 0 Å². The van der Waals surface area contributed by atoms with Gasteiger partial charge in [-0.2, -0.15) is 0 Å². The summed E-state index contributed by atoms with van der Waals surface area (Å²) in [6.07, 6.45) is 6.21. The number of hydrogen-bond acceptors (Lipinski definition) is 3. The van der Waals surface area contributed by atoms with E-state index in [2.05, 4.69) is 10.3 Å². The van der Waals surface area contributed by atoms with E-state index in [4.69, 9.17) is 0 Å². The Kier molecular flexibility index (Phi) is 3.78. The fourth-order valence-corrected chi connectivity index (χ4v) is 2.23. The monoisotopic (exact) mass is 220 g/mol. The average Bonchev–Trinajstić information content (AvgIpc) is 2.30. The minimum absolute atomic E-state index is 0.133. The van der Waals surface area contributed by atoms with Crippen molar-refractivity contribution in [1.82, 2.24) is 4.98 Å². The van der Waals surface area contributed by atoms with Crippen molar-refractivity contribution in [3.63, 3.8) is 0 Å². The van der Waals surface area contributed by atoms with E-state index in [1.807, 2.05) is 25.3 Å². The average molecular weight is 220 g/mol. The van der Waals surface area contributed by atoms with Crippen LogP contribution in [0, 0.1) is 12.8 Å². The summed E-state index contributed by atoms with van der Waals surface area (Å²) < 4.78 is 0. The van der Waals surface area contributed by atoms with Crippen molar-refractivity contribution in [1.29, 1.82) is 0 Å². The molecule has 1 aromatic rings. The number of nitrogens with one attached hydrogen (secondary N) is 1. The topological polar surface area (TPSA) is 45.1 Å². The molecule has 1 fully saturated rings. The van der Waals surface area contributed by atoms with Crippen molar-refractivity contribution in [2.45, 2.75) is 38.7 Å². The molecule has 0 bridgehead atoms. The Morgan fingerprint density at radius 1 is 1.38 bits per heavy atom. The van der Waals surface area contributed by atoms with Crippen LogP contribution in [0.3, 0.4) is 0 Å². The molecule has 0 amide bonds. The number of aliphatic hydroxyl groups is 1. The van der Waals surface area contributed by atoms with Crippen molar-refractivity contribution in [3.05, 3.63) is 23.9 Å². The minimum Gasteiger partial charge on any atom is -0.393 e. The first-order chi connectivity index (χ1) is 7.75. The second kappa shape index (κ2) is 5.30. The number of aryl methyl sites for hydroxylation is 1. The highest BCUT2D eigenvalue weighted by Crippen LogP contribution is 2.24. The van der Waals surface area contributed by atoms with Gasteiger partial charge in [-0.3, -0.25) is 0 Å². The van der Waals surface area contributed by atoms with Gasteiger partial charge in [0.15, 0.2) is 0 Å². The van der Waals surface area contributed by atoms with E-state index in [0.717, 1.165) is 25.2 Å². The zero-order valence-electron chi connectivity index (χ0n) is 9.82. The van der Waals surface area contributed by atoms with Gasteiger partial charge in [0.25, 0.3) is 0 Å². The van der Waals surface area contributed by atoms with Gasteiger partial charge in [-0.05, 0) is 31.4 Å². The van der Waals surface area contributed by atoms with Crippen LogP contribution in [0.5, 0.6) is 0 Å². The molecule has 1 aromatic heterocycles. The lowest BCUT2D eigenvalue weighted by atomic mass is 9.86. The Hall–Kier alpha value is -1.09. The van der Waals surface area contributed by atoms with Crippen LogP contribution >= 0.6 is 0 Å².